The van der Waals surface area contributed by atoms with Gasteiger partial charge < -0.3 is 10.2 Å². The summed E-state index contributed by atoms with van der Waals surface area (Å²) in [7, 11) is 0. The number of aryl methyl sites for hydroxylation is 2. The summed E-state index contributed by atoms with van der Waals surface area (Å²) in [6.07, 6.45) is -0.984. The minimum atomic E-state index is -0.965. The number of carboxylic acids is 1. The second-order valence-corrected chi connectivity index (χ2v) is 4.90. The van der Waals surface area contributed by atoms with Crippen LogP contribution < -0.4 is 0 Å². The molecule has 0 fully saturated rings. The van der Waals surface area contributed by atoms with E-state index in [4.69, 9.17) is 5.11 Å². The number of benzene rings is 1. The smallest absolute Gasteiger partial charge is 0.306 e. The predicted octanol–water partition coefficient (Wildman–Crippen LogP) is 2.23. The molecular formula is C12H16O3S. The van der Waals surface area contributed by atoms with Crippen LogP contribution in [0.4, 0.5) is 0 Å². The summed E-state index contributed by atoms with van der Waals surface area (Å²) in [6.45, 7) is 4.08. The molecule has 1 rings (SSSR count). The molecule has 2 N–H and O–H groups in total. The fourth-order valence-corrected chi connectivity index (χ4v) is 2.18. The van der Waals surface area contributed by atoms with Crippen molar-refractivity contribution in [3.05, 3.63) is 29.3 Å². The zero-order valence-corrected chi connectivity index (χ0v) is 10.3. The Bertz CT molecular complexity index is 377. The van der Waals surface area contributed by atoms with Gasteiger partial charge in [0.05, 0.1) is 12.5 Å². The molecule has 4 heteroatoms. The molecule has 0 saturated heterocycles. The van der Waals surface area contributed by atoms with E-state index in [2.05, 4.69) is 0 Å². The number of aliphatic hydroxyl groups excluding tert-OH is 1. The molecule has 16 heavy (non-hydrogen) atoms. The van der Waals surface area contributed by atoms with Gasteiger partial charge in [-0.3, -0.25) is 4.79 Å². The molecule has 1 atom stereocenters. The van der Waals surface area contributed by atoms with Crippen molar-refractivity contribution in [3.63, 3.8) is 0 Å². The van der Waals surface area contributed by atoms with E-state index < -0.39 is 12.1 Å². The first kappa shape index (κ1) is 13.1. The molecule has 0 aliphatic heterocycles. The molecule has 1 aromatic carbocycles. The van der Waals surface area contributed by atoms with Gasteiger partial charge >= 0.3 is 5.97 Å². The van der Waals surface area contributed by atoms with E-state index in [0.717, 1.165) is 4.90 Å². The van der Waals surface area contributed by atoms with Crippen LogP contribution in [0.15, 0.2) is 23.1 Å². The maximum Gasteiger partial charge on any atom is 0.306 e. The predicted molar refractivity (Wildman–Crippen MR) is 64.9 cm³/mol. The summed E-state index contributed by atoms with van der Waals surface area (Å²) in [6, 6.07) is 6.06. The summed E-state index contributed by atoms with van der Waals surface area (Å²) >= 11 is 1.48. The van der Waals surface area contributed by atoms with Crippen LogP contribution in [-0.2, 0) is 4.79 Å². The first-order valence-corrected chi connectivity index (χ1v) is 6.07. The van der Waals surface area contributed by atoms with Gasteiger partial charge in [-0.05, 0) is 37.1 Å². The molecule has 0 aromatic heterocycles. The van der Waals surface area contributed by atoms with E-state index in [9.17, 15) is 9.90 Å². The monoisotopic (exact) mass is 240 g/mol. The Kier molecular flexibility index (Phi) is 4.83. The van der Waals surface area contributed by atoms with E-state index in [-0.39, 0.29) is 6.42 Å². The number of carbonyl (C=O) groups is 1. The summed E-state index contributed by atoms with van der Waals surface area (Å²) < 4.78 is 0. The Hall–Kier alpha value is -1.00. The lowest BCUT2D eigenvalue weighted by atomic mass is 10.1. The Balaban J connectivity index is 2.48. The number of rotatable bonds is 5. The van der Waals surface area contributed by atoms with Crippen molar-refractivity contribution in [2.75, 3.05) is 5.75 Å². The van der Waals surface area contributed by atoms with Crippen molar-refractivity contribution < 1.29 is 15.0 Å². The Morgan fingerprint density at radius 3 is 2.62 bits per heavy atom. The van der Waals surface area contributed by atoms with E-state index in [1.807, 2.05) is 32.0 Å². The van der Waals surface area contributed by atoms with Crippen molar-refractivity contribution in [3.8, 4) is 0 Å². The number of hydrogen-bond acceptors (Lipinski definition) is 3. The van der Waals surface area contributed by atoms with Gasteiger partial charge in [0.1, 0.15) is 0 Å². The van der Waals surface area contributed by atoms with Gasteiger partial charge in [-0.1, -0.05) is 6.07 Å². The Morgan fingerprint density at radius 1 is 1.38 bits per heavy atom. The third-order valence-corrected chi connectivity index (χ3v) is 3.47. The Morgan fingerprint density at radius 2 is 2.06 bits per heavy atom. The fourth-order valence-electron chi connectivity index (χ4n) is 1.26. The van der Waals surface area contributed by atoms with Crippen molar-refractivity contribution >= 4 is 17.7 Å². The molecule has 0 amide bonds. The molecule has 0 aliphatic carbocycles. The van der Waals surface area contributed by atoms with Gasteiger partial charge in [-0.25, -0.2) is 0 Å². The van der Waals surface area contributed by atoms with Crippen LogP contribution in [0.3, 0.4) is 0 Å². The molecule has 0 aliphatic rings. The highest BCUT2D eigenvalue weighted by atomic mass is 32.2. The van der Waals surface area contributed by atoms with Gasteiger partial charge in [0.15, 0.2) is 0 Å². The highest BCUT2D eigenvalue weighted by Crippen LogP contribution is 2.22. The zero-order chi connectivity index (χ0) is 12.1. The largest absolute Gasteiger partial charge is 0.481 e. The standard InChI is InChI=1S/C12H16O3S/c1-8-3-4-11(5-9(8)2)16-7-10(13)6-12(14)15/h3-5,10,13H,6-7H2,1-2H3,(H,14,15). The number of hydrogen-bond donors (Lipinski definition) is 2. The highest BCUT2D eigenvalue weighted by Gasteiger charge is 2.09. The van der Waals surface area contributed by atoms with E-state index in [1.54, 1.807) is 0 Å². The first-order chi connectivity index (χ1) is 7.49. The summed E-state index contributed by atoms with van der Waals surface area (Å²) in [5.74, 6) is -0.553. The van der Waals surface area contributed by atoms with Crippen LogP contribution in [-0.4, -0.2) is 28.0 Å². The number of carboxylic acid groups (broad SMARTS) is 1. The van der Waals surface area contributed by atoms with Crippen molar-refractivity contribution in [1.29, 1.82) is 0 Å². The minimum Gasteiger partial charge on any atom is -0.481 e. The normalized spacial score (nSPS) is 12.4. The van der Waals surface area contributed by atoms with Gasteiger partial charge in [0, 0.05) is 10.6 Å². The van der Waals surface area contributed by atoms with Gasteiger partial charge in [0.25, 0.3) is 0 Å². The number of aliphatic carboxylic acids is 1. The van der Waals surface area contributed by atoms with E-state index >= 15 is 0 Å². The lowest BCUT2D eigenvalue weighted by Crippen LogP contribution is -2.15. The topological polar surface area (TPSA) is 57.5 Å². The fraction of sp³-hybridized carbons (Fsp3) is 0.417. The van der Waals surface area contributed by atoms with Crippen molar-refractivity contribution in [2.24, 2.45) is 0 Å². The van der Waals surface area contributed by atoms with Crippen LogP contribution in [0.5, 0.6) is 0 Å². The molecule has 88 valence electrons. The molecule has 1 unspecified atom stereocenters. The molecule has 0 spiro atoms. The molecule has 1 aromatic rings. The quantitative estimate of drug-likeness (QED) is 0.775. The maximum absolute atomic E-state index is 10.4. The van der Waals surface area contributed by atoms with Gasteiger partial charge in [0.2, 0.25) is 0 Å². The van der Waals surface area contributed by atoms with E-state index in [1.165, 1.54) is 22.9 Å². The third-order valence-electron chi connectivity index (χ3n) is 2.33. The molecule has 0 saturated carbocycles. The van der Waals surface area contributed by atoms with Gasteiger partial charge in [-0.15, -0.1) is 11.8 Å². The average Bonchev–Trinajstić information content (AvgIpc) is 2.19. The highest BCUT2D eigenvalue weighted by molar-refractivity contribution is 7.99. The van der Waals surface area contributed by atoms with Crippen LogP contribution in [0.1, 0.15) is 17.5 Å². The molecule has 3 nitrogen and oxygen atoms in total. The molecule has 0 bridgehead atoms. The molecule has 0 radical (unpaired) electrons. The second-order valence-electron chi connectivity index (χ2n) is 3.81. The first-order valence-electron chi connectivity index (χ1n) is 5.09. The zero-order valence-electron chi connectivity index (χ0n) is 9.43. The van der Waals surface area contributed by atoms with Gasteiger partial charge in [-0.2, -0.15) is 0 Å². The molecule has 0 heterocycles. The van der Waals surface area contributed by atoms with Crippen molar-refractivity contribution in [1.82, 2.24) is 0 Å². The van der Waals surface area contributed by atoms with Crippen LogP contribution in [0.25, 0.3) is 0 Å². The lowest BCUT2D eigenvalue weighted by Gasteiger charge is -2.08. The Labute approximate surface area is 99.5 Å². The number of thioether (sulfide) groups is 1. The van der Waals surface area contributed by atoms with Crippen LogP contribution in [0.2, 0.25) is 0 Å². The summed E-state index contributed by atoms with van der Waals surface area (Å²) in [4.78, 5) is 11.4. The lowest BCUT2D eigenvalue weighted by molar-refractivity contribution is -0.138. The summed E-state index contributed by atoms with van der Waals surface area (Å²) in [5, 5.41) is 17.9. The van der Waals surface area contributed by atoms with Crippen LogP contribution in [0, 0.1) is 13.8 Å². The summed E-state index contributed by atoms with van der Waals surface area (Å²) in [5.41, 5.74) is 2.44. The van der Waals surface area contributed by atoms with E-state index in [0.29, 0.717) is 5.75 Å². The molecular weight excluding hydrogens is 224 g/mol. The average molecular weight is 240 g/mol. The van der Waals surface area contributed by atoms with Crippen molar-refractivity contribution in [2.45, 2.75) is 31.3 Å². The van der Waals surface area contributed by atoms with Crippen LogP contribution >= 0.6 is 11.8 Å². The second kappa shape index (κ2) is 5.92. The number of aliphatic hydroxyl groups is 1. The third kappa shape index (κ3) is 4.24. The minimum absolute atomic E-state index is 0.197. The SMILES string of the molecule is Cc1ccc(SCC(O)CC(=O)O)cc1C. The maximum atomic E-state index is 10.4.